The van der Waals surface area contributed by atoms with Gasteiger partial charge in [-0.3, -0.25) is 9.36 Å². The standard InChI is InChI=1S/C27H30ClN7O2/c1-6-25(36)30-20-15-21(24(37-5)16-23(20)34(4)14-13-33(2)3)31-27-29-17-19(28)26(32-27)35-12-11-18-9-7-8-10-22(18)35/h6-12,15-17H,1,13-14H2,2-5H3,(H,30,36)(H,29,31,32). The number of ether oxygens (including phenoxy) is 1. The van der Waals surface area contributed by atoms with Gasteiger partial charge in [-0.05, 0) is 43.8 Å². The van der Waals surface area contributed by atoms with Crippen molar-refractivity contribution in [1.82, 2.24) is 19.4 Å². The molecule has 0 aliphatic carbocycles. The highest BCUT2D eigenvalue weighted by molar-refractivity contribution is 6.32. The normalized spacial score (nSPS) is 11.0. The molecule has 0 fully saturated rings. The van der Waals surface area contributed by atoms with Crippen molar-refractivity contribution in [2.24, 2.45) is 0 Å². The van der Waals surface area contributed by atoms with Gasteiger partial charge in [0.2, 0.25) is 11.9 Å². The molecule has 4 rings (SSSR count). The molecule has 0 saturated carbocycles. The Morgan fingerprint density at radius 1 is 1.16 bits per heavy atom. The minimum atomic E-state index is -0.317. The van der Waals surface area contributed by atoms with Crippen molar-refractivity contribution < 1.29 is 9.53 Å². The van der Waals surface area contributed by atoms with Crippen LogP contribution in [-0.2, 0) is 4.79 Å². The first-order valence-electron chi connectivity index (χ1n) is 11.7. The van der Waals surface area contributed by atoms with Crippen LogP contribution < -0.4 is 20.3 Å². The fourth-order valence-electron chi connectivity index (χ4n) is 3.88. The van der Waals surface area contributed by atoms with Gasteiger partial charge in [-0.2, -0.15) is 4.98 Å². The van der Waals surface area contributed by atoms with Gasteiger partial charge in [-0.25, -0.2) is 4.98 Å². The third kappa shape index (κ3) is 5.84. The van der Waals surface area contributed by atoms with Crippen LogP contribution in [-0.4, -0.2) is 66.7 Å². The number of nitrogens with zero attached hydrogens (tertiary/aromatic N) is 5. The molecule has 2 aromatic heterocycles. The number of aromatic nitrogens is 3. The lowest BCUT2D eigenvalue weighted by atomic mass is 10.2. The van der Waals surface area contributed by atoms with Crippen LogP contribution >= 0.6 is 11.6 Å². The van der Waals surface area contributed by atoms with Gasteiger partial charge in [-0.1, -0.05) is 36.4 Å². The first kappa shape index (κ1) is 26.0. The average molecular weight is 520 g/mol. The molecule has 0 aliphatic heterocycles. The SMILES string of the molecule is C=CC(=O)Nc1cc(Nc2ncc(Cl)c(-n3ccc4ccccc43)n2)c(OC)cc1N(C)CCN(C)C. The minimum absolute atomic E-state index is 0.317. The van der Waals surface area contributed by atoms with Gasteiger partial charge in [0.05, 0.1) is 35.9 Å². The maximum Gasteiger partial charge on any atom is 0.247 e. The maximum absolute atomic E-state index is 12.2. The molecule has 1 amide bonds. The Morgan fingerprint density at radius 2 is 1.95 bits per heavy atom. The summed E-state index contributed by atoms with van der Waals surface area (Å²) in [6, 6.07) is 13.7. The molecule has 37 heavy (non-hydrogen) atoms. The van der Waals surface area contributed by atoms with E-state index in [9.17, 15) is 4.79 Å². The number of carbonyl (C=O) groups is 1. The van der Waals surface area contributed by atoms with E-state index in [2.05, 4.69) is 37.0 Å². The lowest BCUT2D eigenvalue weighted by Gasteiger charge is -2.26. The second-order valence-corrected chi connectivity index (χ2v) is 9.13. The van der Waals surface area contributed by atoms with Crippen molar-refractivity contribution in [1.29, 1.82) is 0 Å². The summed E-state index contributed by atoms with van der Waals surface area (Å²) in [7, 11) is 7.58. The Morgan fingerprint density at radius 3 is 2.68 bits per heavy atom. The van der Waals surface area contributed by atoms with E-state index in [1.54, 1.807) is 19.4 Å². The summed E-state index contributed by atoms with van der Waals surface area (Å²) in [5.74, 6) is 1.11. The van der Waals surface area contributed by atoms with E-state index >= 15 is 0 Å². The van der Waals surface area contributed by atoms with Gasteiger partial charge in [0.25, 0.3) is 0 Å². The summed E-state index contributed by atoms with van der Waals surface area (Å²) in [4.78, 5) is 25.4. The number of carbonyl (C=O) groups excluding carboxylic acids is 1. The fourth-order valence-corrected chi connectivity index (χ4v) is 4.06. The Hall–Kier alpha value is -4.08. The molecule has 2 heterocycles. The number of nitrogens with one attached hydrogen (secondary N) is 2. The number of halogens is 1. The number of likely N-dealkylation sites (N-methyl/N-ethyl adjacent to an activating group) is 2. The second kappa shape index (κ2) is 11.3. The van der Waals surface area contributed by atoms with E-state index in [1.165, 1.54) is 6.08 Å². The Kier molecular flexibility index (Phi) is 7.95. The number of fused-ring (bicyclic) bond motifs is 1. The number of methoxy groups -OCH3 is 1. The largest absolute Gasteiger partial charge is 0.494 e. The van der Waals surface area contributed by atoms with Crippen LogP contribution in [0.1, 0.15) is 0 Å². The second-order valence-electron chi connectivity index (χ2n) is 8.72. The zero-order chi connectivity index (χ0) is 26.5. The summed E-state index contributed by atoms with van der Waals surface area (Å²) >= 11 is 6.49. The molecule has 0 atom stereocenters. The van der Waals surface area contributed by atoms with E-state index in [0.29, 0.717) is 33.9 Å². The smallest absolute Gasteiger partial charge is 0.247 e. The first-order valence-corrected chi connectivity index (χ1v) is 12.1. The Labute approximate surface area is 221 Å². The zero-order valence-electron chi connectivity index (χ0n) is 21.3. The Balaban J connectivity index is 1.72. The Bertz CT molecular complexity index is 1430. The predicted octanol–water partition coefficient (Wildman–Crippen LogP) is 4.95. The number of hydrogen-bond donors (Lipinski definition) is 2. The number of para-hydroxylation sites is 1. The highest BCUT2D eigenvalue weighted by Gasteiger charge is 2.17. The van der Waals surface area contributed by atoms with Crippen molar-refractivity contribution >= 4 is 51.4 Å². The summed E-state index contributed by atoms with van der Waals surface area (Å²) in [5, 5.41) is 7.61. The summed E-state index contributed by atoms with van der Waals surface area (Å²) in [5.41, 5.74) is 2.96. The molecule has 9 nitrogen and oxygen atoms in total. The van der Waals surface area contributed by atoms with E-state index < -0.39 is 0 Å². The van der Waals surface area contributed by atoms with Crippen molar-refractivity contribution in [2.75, 3.05) is 56.9 Å². The van der Waals surface area contributed by atoms with E-state index in [1.807, 2.05) is 68.3 Å². The van der Waals surface area contributed by atoms with Gasteiger partial charge in [0.15, 0.2) is 5.82 Å². The van der Waals surface area contributed by atoms with E-state index in [-0.39, 0.29) is 5.91 Å². The topological polar surface area (TPSA) is 87.5 Å². The number of amides is 1. The molecular weight excluding hydrogens is 490 g/mol. The number of anilines is 4. The molecule has 0 spiro atoms. The third-order valence-corrected chi connectivity index (χ3v) is 6.12. The molecule has 0 bridgehead atoms. The number of benzene rings is 2. The van der Waals surface area contributed by atoms with Crippen LogP contribution in [0.2, 0.25) is 5.02 Å². The van der Waals surface area contributed by atoms with Gasteiger partial charge in [0, 0.05) is 32.4 Å². The minimum Gasteiger partial charge on any atom is -0.494 e. The van der Waals surface area contributed by atoms with Crippen LogP contribution in [0.5, 0.6) is 5.75 Å². The third-order valence-electron chi connectivity index (χ3n) is 5.85. The summed E-state index contributed by atoms with van der Waals surface area (Å²) < 4.78 is 7.60. The van der Waals surface area contributed by atoms with Crippen LogP contribution in [0.3, 0.4) is 0 Å². The summed E-state index contributed by atoms with van der Waals surface area (Å²) in [6.07, 6.45) is 4.71. The predicted molar refractivity (Wildman–Crippen MR) is 151 cm³/mol. The molecule has 10 heteroatoms. The first-order chi connectivity index (χ1) is 17.8. The molecule has 0 unspecified atom stereocenters. The molecule has 2 aromatic carbocycles. The van der Waals surface area contributed by atoms with Gasteiger partial charge >= 0.3 is 0 Å². The average Bonchev–Trinajstić information content (AvgIpc) is 3.32. The van der Waals surface area contributed by atoms with Crippen molar-refractivity contribution in [3.05, 3.63) is 72.5 Å². The van der Waals surface area contributed by atoms with E-state index in [0.717, 1.165) is 29.7 Å². The van der Waals surface area contributed by atoms with Crippen molar-refractivity contribution in [2.45, 2.75) is 0 Å². The molecule has 0 radical (unpaired) electrons. The monoisotopic (exact) mass is 519 g/mol. The highest BCUT2D eigenvalue weighted by Crippen LogP contribution is 2.38. The quantitative estimate of drug-likeness (QED) is 0.287. The zero-order valence-corrected chi connectivity index (χ0v) is 22.1. The number of hydrogen-bond acceptors (Lipinski definition) is 7. The van der Waals surface area contributed by atoms with Gasteiger partial charge in [-0.15, -0.1) is 0 Å². The molecular formula is C27H30ClN7O2. The van der Waals surface area contributed by atoms with Crippen LogP contribution in [0.25, 0.3) is 16.7 Å². The van der Waals surface area contributed by atoms with Gasteiger partial charge in [0.1, 0.15) is 10.8 Å². The summed E-state index contributed by atoms with van der Waals surface area (Å²) in [6.45, 7) is 5.15. The molecule has 0 aliphatic rings. The van der Waals surface area contributed by atoms with Crippen LogP contribution in [0.4, 0.5) is 23.0 Å². The van der Waals surface area contributed by atoms with Crippen molar-refractivity contribution in [3.8, 4) is 11.6 Å². The molecule has 192 valence electrons. The highest BCUT2D eigenvalue weighted by atomic mass is 35.5. The van der Waals surface area contributed by atoms with E-state index in [4.69, 9.17) is 16.3 Å². The lowest BCUT2D eigenvalue weighted by molar-refractivity contribution is -0.111. The van der Waals surface area contributed by atoms with Gasteiger partial charge < -0.3 is 25.2 Å². The lowest BCUT2D eigenvalue weighted by Crippen LogP contribution is -2.29. The van der Waals surface area contributed by atoms with Crippen LogP contribution in [0, 0.1) is 0 Å². The molecule has 0 saturated heterocycles. The van der Waals surface area contributed by atoms with Crippen molar-refractivity contribution in [3.63, 3.8) is 0 Å². The molecule has 2 N–H and O–H groups in total. The van der Waals surface area contributed by atoms with Crippen LogP contribution in [0.15, 0.2) is 67.5 Å². The maximum atomic E-state index is 12.2. The fraction of sp³-hybridized carbons (Fsp3) is 0.222. The molecule has 4 aromatic rings. The number of rotatable bonds is 10.